The summed E-state index contributed by atoms with van der Waals surface area (Å²) in [5, 5.41) is 7.45. The maximum absolute atomic E-state index is 13.2. The molecule has 4 heterocycles. The Kier molecular flexibility index (Phi) is 4.08. The van der Waals surface area contributed by atoms with Crippen molar-refractivity contribution >= 4 is 17.6 Å². The average molecular weight is 366 g/mol. The Bertz CT molecular complexity index is 893. The summed E-state index contributed by atoms with van der Waals surface area (Å²) in [5.74, 6) is -0.159. The van der Waals surface area contributed by atoms with Crippen LogP contribution in [0.25, 0.3) is 11.6 Å². The first-order chi connectivity index (χ1) is 13.2. The van der Waals surface area contributed by atoms with Crippen molar-refractivity contribution in [2.75, 3.05) is 26.2 Å². The molecule has 0 atom stereocenters. The predicted molar refractivity (Wildman–Crippen MR) is 102 cm³/mol. The van der Waals surface area contributed by atoms with Crippen LogP contribution in [0.4, 0.5) is 4.39 Å². The third-order valence-electron chi connectivity index (χ3n) is 6.20. The van der Waals surface area contributed by atoms with Crippen LogP contribution in [0.15, 0.2) is 24.3 Å². The van der Waals surface area contributed by atoms with Crippen LogP contribution < -0.4 is 0 Å². The first-order valence-electron chi connectivity index (χ1n) is 9.76. The quantitative estimate of drug-likeness (QED) is 0.889. The standard InChI is InChI=1S/C21H23FN4O/c22-16-4-1-14(2-5-16)15-3-6-18-19(13-15)23-24-20(18)21(27)26-12-11-25-9-7-17(26)8-10-25/h1-2,4-5,13,17H,3,6-12H2,(H,23,24). The molecule has 1 aromatic heterocycles. The summed E-state index contributed by atoms with van der Waals surface area (Å²) < 4.78 is 13.2. The lowest BCUT2D eigenvalue weighted by Crippen LogP contribution is -2.42. The molecule has 1 aromatic carbocycles. The molecule has 4 aliphatic rings. The number of carbonyl (C=O) groups is 1. The van der Waals surface area contributed by atoms with E-state index in [1.165, 1.54) is 12.1 Å². The highest BCUT2D eigenvalue weighted by molar-refractivity contribution is 5.96. The van der Waals surface area contributed by atoms with Crippen molar-refractivity contribution in [2.24, 2.45) is 0 Å². The Morgan fingerprint density at radius 3 is 2.63 bits per heavy atom. The molecule has 2 bridgehead atoms. The molecular weight excluding hydrogens is 343 g/mol. The van der Waals surface area contributed by atoms with Gasteiger partial charge in [-0.2, -0.15) is 5.10 Å². The summed E-state index contributed by atoms with van der Waals surface area (Å²) >= 11 is 0. The molecular formula is C21H23FN4O. The van der Waals surface area contributed by atoms with Crippen molar-refractivity contribution in [3.63, 3.8) is 0 Å². The molecule has 0 unspecified atom stereocenters. The molecule has 0 radical (unpaired) electrons. The first kappa shape index (κ1) is 16.7. The number of H-pyrrole nitrogens is 1. The predicted octanol–water partition coefficient (Wildman–Crippen LogP) is 2.96. The summed E-state index contributed by atoms with van der Waals surface area (Å²) in [6.45, 7) is 3.94. The lowest BCUT2D eigenvalue weighted by Gasteiger charge is -2.31. The van der Waals surface area contributed by atoms with Crippen molar-refractivity contribution in [3.8, 4) is 0 Å². The van der Waals surface area contributed by atoms with E-state index in [-0.39, 0.29) is 11.7 Å². The van der Waals surface area contributed by atoms with Gasteiger partial charge in [-0.05, 0) is 55.0 Å². The number of nitrogens with one attached hydrogen (secondary N) is 1. The Balaban J connectivity index is 1.42. The van der Waals surface area contributed by atoms with Crippen molar-refractivity contribution in [2.45, 2.75) is 31.7 Å². The van der Waals surface area contributed by atoms with Gasteiger partial charge in [0, 0.05) is 37.8 Å². The monoisotopic (exact) mass is 366 g/mol. The molecule has 0 spiro atoms. The number of rotatable bonds is 2. The molecule has 5 nitrogen and oxygen atoms in total. The highest BCUT2D eigenvalue weighted by Gasteiger charge is 2.34. The van der Waals surface area contributed by atoms with Crippen LogP contribution in [0, 0.1) is 5.82 Å². The largest absolute Gasteiger partial charge is 0.333 e. The number of halogens is 1. The lowest BCUT2D eigenvalue weighted by molar-refractivity contribution is 0.0677. The van der Waals surface area contributed by atoms with Gasteiger partial charge in [0.05, 0.1) is 5.69 Å². The Morgan fingerprint density at radius 1 is 1.07 bits per heavy atom. The van der Waals surface area contributed by atoms with Crippen LogP contribution in [0.5, 0.6) is 0 Å². The van der Waals surface area contributed by atoms with Gasteiger partial charge in [0.25, 0.3) is 5.91 Å². The lowest BCUT2D eigenvalue weighted by atomic mass is 9.91. The molecule has 3 saturated heterocycles. The van der Waals surface area contributed by atoms with E-state index < -0.39 is 0 Å². The van der Waals surface area contributed by atoms with E-state index >= 15 is 0 Å². The van der Waals surface area contributed by atoms with E-state index in [2.05, 4.69) is 21.2 Å². The number of hydrogen-bond acceptors (Lipinski definition) is 3. The SMILES string of the molecule is O=C(c1n[nH]c2c1CCC(c1ccc(F)cc1)=C2)N1CCN2CCC1CC2. The second-order valence-corrected chi connectivity index (χ2v) is 7.71. The molecule has 27 heavy (non-hydrogen) atoms. The van der Waals surface area contributed by atoms with E-state index in [4.69, 9.17) is 0 Å². The van der Waals surface area contributed by atoms with Crippen LogP contribution >= 0.6 is 0 Å². The van der Waals surface area contributed by atoms with Crippen LogP contribution in [0.3, 0.4) is 0 Å². The number of amides is 1. The fourth-order valence-electron chi connectivity index (χ4n) is 4.62. The zero-order valence-electron chi connectivity index (χ0n) is 15.2. The van der Waals surface area contributed by atoms with Gasteiger partial charge in [-0.1, -0.05) is 12.1 Å². The molecule has 1 N–H and O–H groups in total. The maximum atomic E-state index is 13.2. The minimum atomic E-state index is -0.229. The van der Waals surface area contributed by atoms with Gasteiger partial charge in [0.2, 0.25) is 0 Å². The maximum Gasteiger partial charge on any atom is 0.274 e. The molecule has 1 amide bonds. The van der Waals surface area contributed by atoms with Crippen molar-refractivity contribution < 1.29 is 9.18 Å². The number of aromatic amines is 1. The number of carbonyl (C=O) groups excluding carboxylic acids is 1. The zero-order valence-corrected chi connectivity index (χ0v) is 15.2. The number of allylic oxidation sites excluding steroid dienone is 1. The van der Waals surface area contributed by atoms with Gasteiger partial charge in [-0.15, -0.1) is 0 Å². The number of nitrogens with zero attached hydrogens (tertiary/aromatic N) is 3. The average Bonchev–Trinajstić information content (AvgIpc) is 2.88. The van der Waals surface area contributed by atoms with Gasteiger partial charge >= 0.3 is 0 Å². The summed E-state index contributed by atoms with van der Waals surface area (Å²) in [7, 11) is 0. The Labute approximate surface area is 157 Å². The molecule has 1 aliphatic carbocycles. The molecule has 0 saturated carbocycles. The summed E-state index contributed by atoms with van der Waals surface area (Å²) in [4.78, 5) is 17.7. The van der Waals surface area contributed by atoms with Crippen LogP contribution in [0.2, 0.25) is 0 Å². The van der Waals surface area contributed by atoms with E-state index in [1.807, 2.05) is 4.90 Å². The van der Waals surface area contributed by atoms with Crippen LogP contribution in [-0.4, -0.2) is 58.1 Å². The normalized spacial score (nSPS) is 24.3. The zero-order chi connectivity index (χ0) is 18.4. The second-order valence-electron chi connectivity index (χ2n) is 7.71. The van der Waals surface area contributed by atoms with E-state index in [9.17, 15) is 9.18 Å². The minimum Gasteiger partial charge on any atom is -0.333 e. The van der Waals surface area contributed by atoms with Gasteiger partial charge in [0.1, 0.15) is 5.82 Å². The molecule has 140 valence electrons. The van der Waals surface area contributed by atoms with Gasteiger partial charge in [0.15, 0.2) is 5.69 Å². The van der Waals surface area contributed by atoms with Crippen molar-refractivity contribution in [1.82, 2.24) is 20.0 Å². The number of hydrogen-bond donors (Lipinski definition) is 1. The van der Waals surface area contributed by atoms with Crippen LogP contribution in [0.1, 0.15) is 46.6 Å². The minimum absolute atomic E-state index is 0.0693. The van der Waals surface area contributed by atoms with E-state index in [0.29, 0.717) is 11.7 Å². The smallest absolute Gasteiger partial charge is 0.274 e. The summed E-state index contributed by atoms with van der Waals surface area (Å²) in [6, 6.07) is 6.92. The molecule has 6 heteroatoms. The fraction of sp³-hybridized carbons (Fsp3) is 0.429. The molecule has 3 aliphatic heterocycles. The number of piperidine rings is 1. The van der Waals surface area contributed by atoms with E-state index in [1.54, 1.807) is 12.1 Å². The van der Waals surface area contributed by atoms with Gasteiger partial charge in [-0.25, -0.2) is 4.39 Å². The summed E-state index contributed by atoms with van der Waals surface area (Å²) in [6.07, 6.45) is 5.78. The number of benzene rings is 1. The highest BCUT2D eigenvalue weighted by atomic mass is 19.1. The molecule has 3 fully saturated rings. The number of aromatic nitrogens is 2. The highest BCUT2D eigenvalue weighted by Crippen LogP contribution is 2.32. The molecule has 6 rings (SSSR count). The summed E-state index contributed by atoms with van der Waals surface area (Å²) in [5.41, 5.74) is 4.67. The topological polar surface area (TPSA) is 52.2 Å². The third-order valence-corrected chi connectivity index (χ3v) is 6.20. The Morgan fingerprint density at radius 2 is 1.85 bits per heavy atom. The van der Waals surface area contributed by atoms with Crippen molar-refractivity contribution in [1.29, 1.82) is 0 Å². The number of fused-ring (bicyclic) bond motifs is 5. The third kappa shape index (κ3) is 2.98. The van der Waals surface area contributed by atoms with Crippen LogP contribution in [-0.2, 0) is 6.42 Å². The Hall–Kier alpha value is -2.47. The van der Waals surface area contributed by atoms with Gasteiger partial charge in [-0.3, -0.25) is 9.89 Å². The molecule has 2 aromatic rings. The van der Waals surface area contributed by atoms with E-state index in [0.717, 1.165) is 74.3 Å². The first-order valence-corrected chi connectivity index (χ1v) is 9.76. The van der Waals surface area contributed by atoms with Crippen molar-refractivity contribution in [3.05, 3.63) is 52.6 Å². The fourth-order valence-corrected chi connectivity index (χ4v) is 4.62. The second kappa shape index (κ2) is 6.60. The van der Waals surface area contributed by atoms with Gasteiger partial charge < -0.3 is 9.80 Å².